The number of allylic oxidation sites excluding steroid dienone is 1. The summed E-state index contributed by atoms with van der Waals surface area (Å²) in [7, 11) is 0. The normalized spacial score (nSPS) is 57.6. The Morgan fingerprint density at radius 2 is 1.95 bits per heavy atom. The first kappa shape index (κ1) is 15.1. The Labute approximate surface area is 133 Å². The highest BCUT2D eigenvalue weighted by molar-refractivity contribution is 5.25. The van der Waals surface area contributed by atoms with Crippen LogP contribution in [0.2, 0.25) is 0 Å². The Morgan fingerprint density at radius 1 is 1.18 bits per heavy atom. The largest absolute Gasteiger partial charge is 0.389 e. The summed E-state index contributed by atoms with van der Waals surface area (Å²) in [6.45, 7) is 4.66. The monoisotopic (exact) mass is 307 g/mol. The fourth-order valence-corrected chi connectivity index (χ4v) is 6.72. The molecule has 4 aliphatic rings. The van der Waals surface area contributed by atoms with Gasteiger partial charge in [-0.3, -0.25) is 0 Å². The summed E-state index contributed by atoms with van der Waals surface area (Å²) in [4.78, 5) is 0. The zero-order chi connectivity index (χ0) is 15.7. The first-order valence-electron chi connectivity index (χ1n) is 9.15. The van der Waals surface area contributed by atoms with Gasteiger partial charge in [-0.1, -0.05) is 25.5 Å². The van der Waals surface area contributed by atoms with Crippen LogP contribution in [0.5, 0.6) is 0 Å². The second-order valence-electron chi connectivity index (χ2n) is 8.95. The number of aliphatic hydroxyl groups excluding tert-OH is 1. The molecule has 0 aliphatic heterocycles. The number of alkyl halides is 1. The molecule has 4 aliphatic carbocycles. The van der Waals surface area contributed by atoms with Crippen molar-refractivity contribution in [2.24, 2.45) is 34.3 Å². The minimum atomic E-state index is -0.813. The molecule has 3 unspecified atom stereocenters. The molecule has 0 amide bonds. The van der Waals surface area contributed by atoms with Crippen molar-refractivity contribution in [3.8, 4) is 0 Å². The third kappa shape index (κ3) is 1.84. The maximum atomic E-state index is 14.3. The molecule has 0 heterocycles. The standard InChI is InChI=1S/C19H30FNO/c1-18-7-5-12(22)9-11(18)3-4-13-14(18)6-8-19(2)15(13)10-16(20)17(19)21/h9,12-17,22H,3-8,10,21H2,1-2H3/t12?,13-,14-,15+,16?,17?,18+,19+/m1/s1. The lowest BCUT2D eigenvalue weighted by Crippen LogP contribution is -2.53. The van der Waals surface area contributed by atoms with Crippen molar-refractivity contribution in [3.05, 3.63) is 11.6 Å². The van der Waals surface area contributed by atoms with E-state index in [0.717, 1.165) is 25.7 Å². The molecule has 22 heavy (non-hydrogen) atoms. The van der Waals surface area contributed by atoms with E-state index in [0.29, 0.717) is 24.2 Å². The highest BCUT2D eigenvalue weighted by atomic mass is 19.1. The zero-order valence-corrected chi connectivity index (χ0v) is 13.9. The number of rotatable bonds is 0. The van der Waals surface area contributed by atoms with Crippen LogP contribution in [0.4, 0.5) is 4.39 Å². The van der Waals surface area contributed by atoms with Gasteiger partial charge in [0.1, 0.15) is 6.17 Å². The Balaban J connectivity index is 1.68. The molecule has 0 aromatic heterocycles. The molecule has 8 atom stereocenters. The molecule has 3 saturated carbocycles. The van der Waals surface area contributed by atoms with Crippen LogP contribution in [0.15, 0.2) is 11.6 Å². The summed E-state index contributed by atoms with van der Waals surface area (Å²) in [6.07, 6.45) is 8.24. The van der Waals surface area contributed by atoms with Gasteiger partial charge in [0.2, 0.25) is 0 Å². The van der Waals surface area contributed by atoms with Crippen molar-refractivity contribution in [2.75, 3.05) is 0 Å². The molecular formula is C19H30FNO. The molecule has 0 radical (unpaired) electrons. The molecule has 3 fully saturated rings. The van der Waals surface area contributed by atoms with Gasteiger partial charge in [-0.25, -0.2) is 4.39 Å². The molecule has 3 heteroatoms. The van der Waals surface area contributed by atoms with E-state index in [2.05, 4.69) is 19.9 Å². The topological polar surface area (TPSA) is 46.2 Å². The second kappa shape index (κ2) is 4.80. The van der Waals surface area contributed by atoms with Gasteiger partial charge < -0.3 is 10.8 Å². The van der Waals surface area contributed by atoms with Crippen LogP contribution >= 0.6 is 0 Å². The number of aliphatic hydroxyl groups is 1. The smallest absolute Gasteiger partial charge is 0.116 e. The van der Waals surface area contributed by atoms with Crippen molar-refractivity contribution in [1.82, 2.24) is 0 Å². The van der Waals surface area contributed by atoms with E-state index in [1.165, 1.54) is 18.4 Å². The van der Waals surface area contributed by atoms with E-state index >= 15 is 0 Å². The van der Waals surface area contributed by atoms with E-state index in [1.807, 2.05) is 0 Å². The molecule has 3 N–H and O–H groups in total. The fourth-order valence-electron chi connectivity index (χ4n) is 6.72. The van der Waals surface area contributed by atoms with Crippen molar-refractivity contribution in [1.29, 1.82) is 0 Å². The minimum Gasteiger partial charge on any atom is -0.389 e. The van der Waals surface area contributed by atoms with Crippen LogP contribution < -0.4 is 5.73 Å². The van der Waals surface area contributed by atoms with Crippen LogP contribution in [0.3, 0.4) is 0 Å². The molecule has 0 aromatic carbocycles. The van der Waals surface area contributed by atoms with E-state index in [1.54, 1.807) is 0 Å². The average Bonchev–Trinajstić information content (AvgIpc) is 2.72. The maximum absolute atomic E-state index is 14.3. The highest BCUT2D eigenvalue weighted by Gasteiger charge is 2.60. The quantitative estimate of drug-likeness (QED) is 0.672. The maximum Gasteiger partial charge on any atom is 0.116 e. The zero-order valence-electron chi connectivity index (χ0n) is 13.9. The predicted octanol–water partition coefficient (Wildman–Crippen LogP) is 3.59. The minimum absolute atomic E-state index is 0.00629. The first-order valence-corrected chi connectivity index (χ1v) is 9.15. The number of hydrogen-bond acceptors (Lipinski definition) is 2. The van der Waals surface area contributed by atoms with Gasteiger partial charge >= 0.3 is 0 Å². The van der Waals surface area contributed by atoms with E-state index in [4.69, 9.17) is 5.73 Å². The number of fused-ring (bicyclic) bond motifs is 5. The van der Waals surface area contributed by atoms with Crippen LogP contribution in [0.25, 0.3) is 0 Å². The molecule has 0 aromatic rings. The van der Waals surface area contributed by atoms with Crippen molar-refractivity contribution in [3.63, 3.8) is 0 Å². The van der Waals surface area contributed by atoms with Gasteiger partial charge in [-0.05, 0) is 73.5 Å². The number of nitrogens with two attached hydrogens (primary N) is 1. The van der Waals surface area contributed by atoms with Crippen molar-refractivity contribution >= 4 is 0 Å². The second-order valence-corrected chi connectivity index (χ2v) is 8.95. The van der Waals surface area contributed by atoms with Crippen molar-refractivity contribution in [2.45, 2.75) is 77.1 Å². The molecule has 4 rings (SSSR count). The van der Waals surface area contributed by atoms with Crippen LogP contribution in [-0.4, -0.2) is 23.4 Å². The Kier molecular flexibility index (Phi) is 3.30. The van der Waals surface area contributed by atoms with Crippen LogP contribution in [0.1, 0.15) is 58.8 Å². The third-order valence-corrected chi connectivity index (χ3v) is 8.16. The van der Waals surface area contributed by atoms with Gasteiger partial charge in [-0.2, -0.15) is 0 Å². The molecular weight excluding hydrogens is 277 g/mol. The Hall–Kier alpha value is -0.410. The van der Waals surface area contributed by atoms with Gasteiger partial charge in [0.05, 0.1) is 6.10 Å². The lowest BCUT2D eigenvalue weighted by molar-refractivity contribution is -0.0454. The summed E-state index contributed by atoms with van der Waals surface area (Å²) in [5, 5.41) is 9.98. The molecule has 2 nitrogen and oxygen atoms in total. The third-order valence-electron chi connectivity index (χ3n) is 8.16. The lowest BCUT2D eigenvalue weighted by Gasteiger charge is -2.58. The van der Waals surface area contributed by atoms with Gasteiger partial charge in [0.15, 0.2) is 0 Å². The summed E-state index contributed by atoms with van der Waals surface area (Å²) in [5.41, 5.74) is 7.98. The average molecular weight is 307 g/mol. The van der Waals surface area contributed by atoms with Gasteiger partial charge in [0.25, 0.3) is 0 Å². The molecule has 0 spiro atoms. The molecule has 0 saturated heterocycles. The Bertz CT molecular complexity index is 506. The molecule has 124 valence electrons. The number of hydrogen-bond donors (Lipinski definition) is 2. The van der Waals surface area contributed by atoms with Crippen molar-refractivity contribution < 1.29 is 9.50 Å². The summed E-state index contributed by atoms with van der Waals surface area (Å²) in [6, 6.07) is -0.267. The SMILES string of the molecule is C[C@]12CCC(O)C=C1CC[C@@H]1[C@H]2CC[C@]2(C)C(N)C(F)C[C@@H]12. The highest BCUT2D eigenvalue weighted by Crippen LogP contribution is 2.65. The lowest BCUT2D eigenvalue weighted by atomic mass is 9.47. The summed E-state index contributed by atoms with van der Waals surface area (Å²) < 4.78 is 14.3. The van der Waals surface area contributed by atoms with Crippen LogP contribution in [-0.2, 0) is 0 Å². The van der Waals surface area contributed by atoms with Gasteiger partial charge in [-0.15, -0.1) is 0 Å². The first-order chi connectivity index (χ1) is 10.4. The number of halogens is 1. The molecule has 0 bridgehead atoms. The predicted molar refractivity (Wildman–Crippen MR) is 86.0 cm³/mol. The van der Waals surface area contributed by atoms with Gasteiger partial charge in [0, 0.05) is 6.04 Å². The van der Waals surface area contributed by atoms with E-state index in [-0.39, 0.29) is 23.0 Å². The summed E-state index contributed by atoms with van der Waals surface area (Å²) in [5.74, 6) is 1.75. The van der Waals surface area contributed by atoms with E-state index < -0.39 is 6.17 Å². The van der Waals surface area contributed by atoms with Crippen LogP contribution in [0, 0.1) is 28.6 Å². The Morgan fingerprint density at radius 3 is 2.73 bits per heavy atom. The summed E-state index contributed by atoms with van der Waals surface area (Å²) >= 11 is 0. The van der Waals surface area contributed by atoms with E-state index in [9.17, 15) is 9.50 Å². The fraction of sp³-hybridized carbons (Fsp3) is 0.895.